The number of nitrogens with two attached hydrogens (primary N) is 1. The van der Waals surface area contributed by atoms with Gasteiger partial charge in [-0.3, -0.25) is 4.99 Å². The highest BCUT2D eigenvalue weighted by Crippen LogP contribution is 2.15. The van der Waals surface area contributed by atoms with Crippen LogP contribution in [0, 0.1) is 11.6 Å². The summed E-state index contributed by atoms with van der Waals surface area (Å²) in [6.07, 6.45) is 0. The lowest BCUT2D eigenvalue weighted by molar-refractivity contribution is 0.512. The first-order chi connectivity index (χ1) is 6.15. The van der Waals surface area contributed by atoms with Gasteiger partial charge in [-0.15, -0.1) is 0 Å². The molecule has 3 nitrogen and oxygen atoms in total. The molecule has 0 saturated carbocycles. The van der Waals surface area contributed by atoms with Crippen LogP contribution in [-0.2, 0) is 0 Å². The molecule has 0 aliphatic heterocycles. The van der Waals surface area contributed by atoms with E-state index in [1.807, 2.05) is 0 Å². The molecule has 0 saturated heterocycles. The van der Waals surface area contributed by atoms with Crippen molar-refractivity contribution in [1.29, 1.82) is 0 Å². The average Bonchev–Trinajstić information content (AvgIpc) is 2.13. The molecule has 0 bridgehead atoms. The second-order valence-electron chi connectivity index (χ2n) is 2.34. The van der Waals surface area contributed by atoms with Crippen LogP contribution < -0.4 is 11.1 Å². The minimum atomic E-state index is -0.964. The quantitative estimate of drug-likeness (QED) is 0.512. The molecule has 0 unspecified atom stereocenters. The van der Waals surface area contributed by atoms with E-state index in [1.54, 1.807) is 0 Å². The highest BCUT2D eigenvalue weighted by atomic mass is 19.2. The van der Waals surface area contributed by atoms with Gasteiger partial charge in [0, 0.05) is 7.05 Å². The fourth-order valence-corrected chi connectivity index (χ4v) is 0.794. The fourth-order valence-electron chi connectivity index (χ4n) is 0.794. The molecule has 0 aliphatic rings. The number of aliphatic imine (C=N–C) groups is 1. The summed E-state index contributed by atoms with van der Waals surface area (Å²) >= 11 is 0. The van der Waals surface area contributed by atoms with Gasteiger partial charge in [0.05, 0.1) is 5.69 Å². The molecule has 3 N–H and O–H groups in total. The van der Waals surface area contributed by atoms with Crippen LogP contribution in [0.1, 0.15) is 0 Å². The minimum absolute atomic E-state index is 0.0249. The first-order valence-corrected chi connectivity index (χ1v) is 3.58. The van der Waals surface area contributed by atoms with Crippen LogP contribution in [0.2, 0.25) is 0 Å². The lowest BCUT2D eigenvalue weighted by atomic mass is 10.3. The Morgan fingerprint density at radius 2 is 2.15 bits per heavy atom. The SMILES string of the molecule is CN=C(N)Nc1cccc(F)c1F. The highest BCUT2D eigenvalue weighted by molar-refractivity contribution is 5.92. The third-order valence-electron chi connectivity index (χ3n) is 1.46. The van der Waals surface area contributed by atoms with Crippen molar-refractivity contribution >= 4 is 11.6 Å². The molecule has 1 aromatic rings. The second-order valence-corrected chi connectivity index (χ2v) is 2.34. The normalized spacial score (nSPS) is 11.5. The number of halogens is 2. The summed E-state index contributed by atoms with van der Waals surface area (Å²) in [7, 11) is 1.44. The van der Waals surface area contributed by atoms with E-state index < -0.39 is 11.6 Å². The molecule has 1 aromatic carbocycles. The maximum atomic E-state index is 13.0. The molecule has 0 aromatic heterocycles. The minimum Gasteiger partial charge on any atom is -0.370 e. The van der Waals surface area contributed by atoms with Crippen LogP contribution in [0.3, 0.4) is 0 Å². The lowest BCUT2D eigenvalue weighted by Crippen LogP contribution is -2.22. The van der Waals surface area contributed by atoms with Gasteiger partial charge in [-0.1, -0.05) is 6.07 Å². The van der Waals surface area contributed by atoms with E-state index in [0.29, 0.717) is 0 Å². The van der Waals surface area contributed by atoms with Gasteiger partial charge >= 0.3 is 0 Å². The third kappa shape index (κ3) is 2.14. The van der Waals surface area contributed by atoms with Gasteiger partial charge in [-0.2, -0.15) is 0 Å². The number of guanidine groups is 1. The monoisotopic (exact) mass is 185 g/mol. The summed E-state index contributed by atoms with van der Waals surface area (Å²) in [6, 6.07) is 3.78. The maximum Gasteiger partial charge on any atom is 0.192 e. The van der Waals surface area contributed by atoms with E-state index in [4.69, 9.17) is 5.73 Å². The largest absolute Gasteiger partial charge is 0.370 e. The van der Waals surface area contributed by atoms with Gasteiger partial charge in [0.15, 0.2) is 17.6 Å². The Kier molecular flexibility index (Phi) is 2.79. The van der Waals surface area contributed by atoms with Crippen molar-refractivity contribution in [2.24, 2.45) is 10.7 Å². The molecule has 0 radical (unpaired) electrons. The lowest BCUT2D eigenvalue weighted by Gasteiger charge is -2.05. The van der Waals surface area contributed by atoms with Crippen LogP contribution in [0.25, 0.3) is 0 Å². The summed E-state index contributed by atoms with van der Waals surface area (Å²) in [5, 5.41) is 2.41. The summed E-state index contributed by atoms with van der Waals surface area (Å²) in [5.41, 5.74) is 5.25. The summed E-state index contributed by atoms with van der Waals surface area (Å²) in [5.74, 6) is -1.85. The van der Waals surface area contributed by atoms with Crippen molar-refractivity contribution in [3.8, 4) is 0 Å². The zero-order chi connectivity index (χ0) is 9.84. The fraction of sp³-hybridized carbons (Fsp3) is 0.125. The summed E-state index contributed by atoms with van der Waals surface area (Å²) in [6.45, 7) is 0. The van der Waals surface area contributed by atoms with E-state index in [-0.39, 0.29) is 11.6 Å². The van der Waals surface area contributed by atoms with E-state index in [1.165, 1.54) is 19.2 Å². The Morgan fingerprint density at radius 1 is 1.46 bits per heavy atom. The van der Waals surface area contributed by atoms with Gasteiger partial charge in [-0.25, -0.2) is 8.78 Å². The van der Waals surface area contributed by atoms with Gasteiger partial charge < -0.3 is 11.1 Å². The third-order valence-corrected chi connectivity index (χ3v) is 1.46. The van der Waals surface area contributed by atoms with Crippen molar-refractivity contribution in [2.45, 2.75) is 0 Å². The number of nitrogens with one attached hydrogen (secondary N) is 1. The van der Waals surface area contributed by atoms with Crippen LogP contribution in [0.4, 0.5) is 14.5 Å². The second kappa shape index (κ2) is 3.84. The number of hydrogen-bond acceptors (Lipinski definition) is 1. The number of benzene rings is 1. The predicted molar refractivity (Wildman–Crippen MR) is 47.5 cm³/mol. The van der Waals surface area contributed by atoms with Crippen molar-refractivity contribution in [3.05, 3.63) is 29.8 Å². The number of nitrogens with zero attached hydrogens (tertiary/aromatic N) is 1. The first-order valence-electron chi connectivity index (χ1n) is 3.58. The molecule has 0 spiro atoms. The Bertz CT molecular complexity index is 336. The smallest absolute Gasteiger partial charge is 0.192 e. The van der Waals surface area contributed by atoms with Crippen molar-refractivity contribution < 1.29 is 8.78 Å². The Labute approximate surface area is 74.3 Å². The molecular formula is C8H9F2N3. The molecule has 0 amide bonds. The molecule has 13 heavy (non-hydrogen) atoms. The van der Waals surface area contributed by atoms with E-state index in [9.17, 15) is 8.78 Å². The van der Waals surface area contributed by atoms with Crippen molar-refractivity contribution in [2.75, 3.05) is 12.4 Å². The standard InChI is InChI=1S/C8H9F2N3/c1-12-8(11)13-6-4-2-3-5(9)7(6)10/h2-4H,1H3,(H3,11,12,13). The van der Waals surface area contributed by atoms with Gasteiger partial charge in [0.1, 0.15) is 0 Å². The maximum absolute atomic E-state index is 13.0. The van der Waals surface area contributed by atoms with Crippen molar-refractivity contribution in [3.63, 3.8) is 0 Å². The van der Waals surface area contributed by atoms with E-state index >= 15 is 0 Å². The molecule has 0 aliphatic carbocycles. The average molecular weight is 185 g/mol. The zero-order valence-corrected chi connectivity index (χ0v) is 7.01. The molecular weight excluding hydrogens is 176 g/mol. The van der Waals surface area contributed by atoms with E-state index in [2.05, 4.69) is 10.3 Å². The first kappa shape index (κ1) is 9.44. The van der Waals surface area contributed by atoms with Crippen LogP contribution in [0.5, 0.6) is 0 Å². The molecule has 0 fully saturated rings. The van der Waals surface area contributed by atoms with Crippen molar-refractivity contribution in [1.82, 2.24) is 0 Å². The number of rotatable bonds is 1. The Hall–Kier alpha value is -1.65. The number of anilines is 1. The summed E-state index contributed by atoms with van der Waals surface area (Å²) < 4.78 is 25.6. The zero-order valence-electron chi connectivity index (χ0n) is 7.01. The van der Waals surface area contributed by atoms with Gasteiger partial charge in [0.2, 0.25) is 0 Å². The molecule has 0 heterocycles. The molecule has 5 heteroatoms. The van der Waals surface area contributed by atoms with E-state index in [0.717, 1.165) is 6.07 Å². The van der Waals surface area contributed by atoms with Crippen LogP contribution in [-0.4, -0.2) is 13.0 Å². The Balaban J connectivity index is 2.96. The molecule has 0 atom stereocenters. The van der Waals surface area contributed by atoms with Crippen LogP contribution in [0.15, 0.2) is 23.2 Å². The van der Waals surface area contributed by atoms with Crippen LogP contribution >= 0.6 is 0 Å². The summed E-state index contributed by atoms with van der Waals surface area (Å²) in [4.78, 5) is 3.55. The topological polar surface area (TPSA) is 50.4 Å². The highest BCUT2D eigenvalue weighted by Gasteiger charge is 2.07. The Morgan fingerprint density at radius 3 is 2.77 bits per heavy atom. The van der Waals surface area contributed by atoms with Gasteiger partial charge in [0.25, 0.3) is 0 Å². The predicted octanol–water partition coefficient (Wildman–Crippen LogP) is 1.32. The molecule has 1 rings (SSSR count). The number of hydrogen-bond donors (Lipinski definition) is 2. The molecule has 70 valence electrons. The van der Waals surface area contributed by atoms with Gasteiger partial charge in [-0.05, 0) is 12.1 Å².